The van der Waals surface area contributed by atoms with Gasteiger partial charge in [0, 0.05) is 13.2 Å². The molecular weight excluding hydrogens is 224 g/mol. The van der Waals surface area contributed by atoms with Gasteiger partial charge in [0.1, 0.15) is 12.6 Å². The van der Waals surface area contributed by atoms with Gasteiger partial charge in [-0.25, -0.2) is 0 Å². The van der Waals surface area contributed by atoms with Crippen LogP contribution in [0.3, 0.4) is 0 Å². The Hall–Kier alpha value is -1.14. The standard InChI is InChI=1S/C11H20N2O4/c1-2-3-4-16-5-6-17-11(15)9-7-13-10(14)8-12-9/h9,12H,2-8H2,1H3,(H,13,14). The number of hydrogen-bond donors (Lipinski definition) is 2. The molecule has 0 saturated carbocycles. The molecule has 0 aromatic rings. The van der Waals surface area contributed by atoms with Gasteiger partial charge >= 0.3 is 5.97 Å². The van der Waals surface area contributed by atoms with E-state index < -0.39 is 6.04 Å². The molecule has 1 unspecified atom stereocenters. The smallest absolute Gasteiger partial charge is 0.325 e. The van der Waals surface area contributed by atoms with Crippen molar-refractivity contribution in [3.8, 4) is 0 Å². The van der Waals surface area contributed by atoms with Crippen LogP contribution in [-0.4, -0.2) is 50.8 Å². The minimum Gasteiger partial charge on any atom is -0.462 e. The summed E-state index contributed by atoms with van der Waals surface area (Å²) in [6.07, 6.45) is 2.11. The first-order valence-electron chi connectivity index (χ1n) is 5.98. The highest BCUT2D eigenvalue weighted by atomic mass is 16.6. The van der Waals surface area contributed by atoms with E-state index in [-0.39, 0.29) is 31.6 Å². The highest BCUT2D eigenvalue weighted by molar-refractivity contribution is 5.83. The summed E-state index contributed by atoms with van der Waals surface area (Å²) in [5.74, 6) is -0.443. The summed E-state index contributed by atoms with van der Waals surface area (Å²) in [6, 6.07) is -0.441. The number of piperazine rings is 1. The van der Waals surface area contributed by atoms with Crippen LogP contribution >= 0.6 is 0 Å². The average molecular weight is 244 g/mol. The first-order chi connectivity index (χ1) is 8.24. The molecule has 1 rings (SSSR count). The van der Waals surface area contributed by atoms with E-state index in [9.17, 15) is 9.59 Å². The van der Waals surface area contributed by atoms with Crippen LogP contribution < -0.4 is 10.6 Å². The number of unbranched alkanes of at least 4 members (excludes halogenated alkanes) is 1. The zero-order valence-corrected chi connectivity index (χ0v) is 10.2. The van der Waals surface area contributed by atoms with E-state index in [0.717, 1.165) is 12.8 Å². The number of carbonyl (C=O) groups excluding carboxylic acids is 2. The van der Waals surface area contributed by atoms with Crippen LogP contribution in [0, 0.1) is 0 Å². The second-order valence-electron chi connectivity index (χ2n) is 3.87. The maximum Gasteiger partial charge on any atom is 0.325 e. The van der Waals surface area contributed by atoms with E-state index in [4.69, 9.17) is 9.47 Å². The fourth-order valence-electron chi connectivity index (χ4n) is 1.38. The van der Waals surface area contributed by atoms with Crippen molar-refractivity contribution in [1.82, 2.24) is 10.6 Å². The van der Waals surface area contributed by atoms with Gasteiger partial charge in [-0.05, 0) is 6.42 Å². The van der Waals surface area contributed by atoms with Crippen molar-refractivity contribution in [3.63, 3.8) is 0 Å². The maximum atomic E-state index is 11.5. The monoisotopic (exact) mass is 244 g/mol. The van der Waals surface area contributed by atoms with Crippen LogP contribution in [0.1, 0.15) is 19.8 Å². The topological polar surface area (TPSA) is 76.7 Å². The molecule has 6 nitrogen and oxygen atoms in total. The molecule has 1 aliphatic rings. The molecule has 1 saturated heterocycles. The molecule has 0 aliphatic carbocycles. The lowest BCUT2D eigenvalue weighted by atomic mass is 10.2. The van der Waals surface area contributed by atoms with Gasteiger partial charge in [0.25, 0.3) is 0 Å². The highest BCUT2D eigenvalue weighted by Crippen LogP contribution is 1.93. The van der Waals surface area contributed by atoms with Crippen molar-refractivity contribution >= 4 is 11.9 Å². The van der Waals surface area contributed by atoms with Crippen molar-refractivity contribution in [2.75, 3.05) is 32.9 Å². The van der Waals surface area contributed by atoms with Crippen molar-refractivity contribution in [2.24, 2.45) is 0 Å². The molecule has 0 bridgehead atoms. The second kappa shape index (κ2) is 8.03. The number of amides is 1. The Balaban J connectivity index is 2.03. The zero-order chi connectivity index (χ0) is 12.5. The van der Waals surface area contributed by atoms with Gasteiger partial charge in [-0.1, -0.05) is 13.3 Å². The van der Waals surface area contributed by atoms with Crippen LogP contribution in [-0.2, 0) is 19.1 Å². The molecule has 17 heavy (non-hydrogen) atoms. The fraction of sp³-hybridized carbons (Fsp3) is 0.818. The number of ether oxygens (including phenoxy) is 2. The van der Waals surface area contributed by atoms with Crippen LogP contribution in [0.2, 0.25) is 0 Å². The van der Waals surface area contributed by atoms with Crippen molar-refractivity contribution in [1.29, 1.82) is 0 Å². The Morgan fingerprint density at radius 2 is 2.24 bits per heavy atom. The average Bonchev–Trinajstić information content (AvgIpc) is 2.34. The summed E-state index contributed by atoms with van der Waals surface area (Å²) in [7, 11) is 0. The summed E-state index contributed by atoms with van der Waals surface area (Å²) < 4.78 is 10.3. The summed E-state index contributed by atoms with van der Waals surface area (Å²) in [5.41, 5.74) is 0. The summed E-state index contributed by atoms with van der Waals surface area (Å²) in [6.45, 7) is 3.92. The molecule has 1 amide bonds. The molecule has 1 heterocycles. The summed E-state index contributed by atoms with van der Waals surface area (Å²) >= 11 is 0. The van der Waals surface area contributed by atoms with Crippen LogP contribution in [0.25, 0.3) is 0 Å². The number of carbonyl (C=O) groups is 2. The van der Waals surface area contributed by atoms with Gasteiger partial charge in [0.05, 0.1) is 13.2 Å². The van der Waals surface area contributed by atoms with Crippen LogP contribution in [0.15, 0.2) is 0 Å². The second-order valence-corrected chi connectivity index (χ2v) is 3.87. The number of rotatable bonds is 7. The predicted octanol–water partition coefficient (Wildman–Crippen LogP) is -0.566. The molecule has 0 spiro atoms. The molecule has 98 valence electrons. The number of hydrogen-bond acceptors (Lipinski definition) is 5. The van der Waals surface area contributed by atoms with Crippen molar-refractivity contribution < 1.29 is 19.1 Å². The molecule has 1 fully saturated rings. The lowest BCUT2D eigenvalue weighted by Crippen LogP contribution is -2.55. The SMILES string of the molecule is CCCCOCCOC(=O)C1CNC(=O)CN1. The molecule has 2 N–H and O–H groups in total. The van der Waals surface area contributed by atoms with Gasteiger partial charge in [-0.15, -0.1) is 0 Å². The van der Waals surface area contributed by atoms with Gasteiger partial charge in [-0.2, -0.15) is 0 Å². The molecule has 6 heteroatoms. The van der Waals surface area contributed by atoms with Crippen LogP contribution in [0.5, 0.6) is 0 Å². The molecule has 1 atom stereocenters. The Kier molecular flexibility index (Phi) is 6.57. The van der Waals surface area contributed by atoms with Crippen LogP contribution in [0.4, 0.5) is 0 Å². The number of esters is 1. The fourth-order valence-corrected chi connectivity index (χ4v) is 1.38. The van der Waals surface area contributed by atoms with Crippen molar-refractivity contribution in [2.45, 2.75) is 25.8 Å². The van der Waals surface area contributed by atoms with E-state index in [1.807, 2.05) is 0 Å². The van der Waals surface area contributed by atoms with E-state index in [1.54, 1.807) is 0 Å². The van der Waals surface area contributed by atoms with E-state index in [1.165, 1.54) is 0 Å². The zero-order valence-electron chi connectivity index (χ0n) is 10.2. The Morgan fingerprint density at radius 1 is 1.41 bits per heavy atom. The third kappa shape index (κ3) is 5.65. The maximum absolute atomic E-state index is 11.5. The Bertz CT molecular complexity index is 248. The Labute approximate surface area is 101 Å². The van der Waals surface area contributed by atoms with Crippen molar-refractivity contribution in [3.05, 3.63) is 0 Å². The van der Waals surface area contributed by atoms with E-state index >= 15 is 0 Å². The normalized spacial score (nSPS) is 19.8. The third-order valence-corrected chi connectivity index (χ3v) is 2.41. The van der Waals surface area contributed by atoms with Gasteiger partial charge < -0.3 is 14.8 Å². The predicted molar refractivity (Wildman–Crippen MR) is 61.5 cm³/mol. The lowest BCUT2D eigenvalue weighted by Gasteiger charge is -2.22. The molecular formula is C11H20N2O4. The van der Waals surface area contributed by atoms with E-state index in [2.05, 4.69) is 17.6 Å². The van der Waals surface area contributed by atoms with Gasteiger partial charge in [0.2, 0.25) is 5.91 Å². The Morgan fingerprint density at radius 3 is 2.88 bits per heavy atom. The molecule has 0 radical (unpaired) electrons. The number of nitrogens with one attached hydrogen (secondary N) is 2. The lowest BCUT2D eigenvalue weighted by molar-refractivity contribution is -0.148. The largest absolute Gasteiger partial charge is 0.462 e. The quantitative estimate of drug-likeness (QED) is 0.463. The molecule has 0 aromatic carbocycles. The summed E-state index contributed by atoms with van der Waals surface area (Å²) in [5, 5.41) is 5.40. The first-order valence-corrected chi connectivity index (χ1v) is 5.98. The summed E-state index contributed by atoms with van der Waals surface area (Å²) in [4.78, 5) is 22.3. The first kappa shape index (κ1) is 13.9. The van der Waals surface area contributed by atoms with Gasteiger partial charge in [0.15, 0.2) is 0 Å². The van der Waals surface area contributed by atoms with Gasteiger partial charge in [-0.3, -0.25) is 14.9 Å². The minimum absolute atomic E-state index is 0.100. The highest BCUT2D eigenvalue weighted by Gasteiger charge is 2.24. The molecule has 0 aromatic heterocycles. The minimum atomic E-state index is -0.441. The third-order valence-electron chi connectivity index (χ3n) is 2.41. The van der Waals surface area contributed by atoms with E-state index in [0.29, 0.717) is 13.2 Å². The molecule has 1 aliphatic heterocycles.